The topological polar surface area (TPSA) is 37.8 Å². The van der Waals surface area contributed by atoms with Crippen molar-refractivity contribution < 1.29 is 0 Å². The number of rotatable bonds is 3. The predicted octanol–water partition coefficient (Wildman–Crippen LogP) is 5.36. The summed E-state index contributed by atoms with van der Waals surface area (Å²) in [6.07, 6.45) is 1.47. The Balaban J connectivity index is 2.41. The van der Waals surface area contributed by atoms with Crippen LogP contribution < -0.4 is 5.32 Å². The number of hydrogen-bond donors (Lipinski definition) is 1. The Kier molecular flexibility index (Phi) is 5.03. The summed E-state index contributed by atoms with van der Waals surface area (Å²) in [6, 6.07) is 6.08. The van der Waals surface area contributed by atoms with Crippen molar-refractivity contribution in [2.75, 3.05) is 5.32 Å². The standard InChI is InChI=1S/C13H12BrClIN3/c1-7(2)11-12(15)17-6-18-13(11)19-10-4-3-8(16)5-9(10)14/h3-7H,1-2H3,(H,17,18,19). The van der Waals surface area contributed by atoms with Crippen molar-refractivity contribution in [2.45, 2.75) is 19.8 Å². The predicted molar refractivity (Wildman–Crippen MR) is 91.3 cm³/mol. The van der Waals surface area contributed by atoms with Gasteiger partial charge in [0.15, 0.2) is 0 Å². The van der Waals surface area contributed by atoms with Gasteiger partial charge in [0.05, 0.1) is 5.69 Å². The van der Waals surface area contributed by atoms with Crippen molar-refractivity contribution >= 4 is 61.6 Å². The molecule has 0 bridgehead atoms. The molecular formula is C13H12BrClIN3. The molecule has 0 aliphatic carbocycles. The Morgan fingerprint density at radius 3 is 2.68 bits per heavy atom. The van der Waals surface area contributed by atoms with Gasteiger partial charge in [-0.05, 0) is 62.6 Å². The Bertz CT molecular complexity index is 604. The zero-order chi connectivity index (χ0) is 14.0. The van der Waals surface area contributed by atoms with E-state index < -0.39 is 0 Å². The number of benzene rings is 1. The maximum Gasteiger partial charge on any atom is 0.138 e. The first-order valence-electron chi connectivity index (χ1n) is 5.71. The summed E-state index contributed by atoms with van der Waals surface area (Å²) in [7, 11) is 0. The molecule has 0 aliphatic heterocycles. The summed E-state index contributed by atoms with van der Waals surface area (Å²) >= 11 is 12.0. The van der Waals surface area contributed by atoms with Crippen molar-refractivity contribution in [3.8, 4) is 0 Å². The van der Waals surface area contributed by atoms with E-state index in [0.717, 1.165) is 21.5 Å². The molecule has 0 aliphatic rings. The van der Waals surface area contributed by atoms with E-state index in [4.69, 9.17) is 11.6 Å². The summed E-state index contributed by atoms with van der Waals surface area (Å²) in [5.41, 5.74) is 1.88. The monoisotopic (exact) mass is 451 g/mol. The zero-order valence-corrected chi connectivity index (χ0v) is 14.9. The minimum Gasteiger partial charge on any atom is -0.339 e. The fourth-order valence-corrected chi connectivity index (χ4v) is 3.45. The molecule has 19 heavy (non-hydrogen) atoms. The molecule has 3 nitrogen and oxygen atoms in total. The molecule has 0 unspecified atom stereocenters. The third kappa shape index (κ3) is 3.58. The zero-order valence-electron chi connectivity index (χ0n) is 10.4. The molecular weight excluding hydrogens is 440 g/mol. The van der Waals surface area contributed by atoms with Gasteiger partial charge in [-0.3, -0.25) is 0 Å². The van der Waals surface area contributed by atoms with E-state index >= 15 is 0 Å². The van der Waals surface area contributed by atoms with Crippen LogP contribution in [0, 0.1) is 3.57 Å². The highest BCUT2D eigenvalue weighted by atomic mass is 127. The summed E-state index contributed by atoms with van der Waals surface area (Å²) in [4.78, 5) is 8.33. The Hall–Kier alpha value is -0.400. The van der Waals surface area contributed by atoms with Crippen LogP contribution in [0.4, 0.5) is 11.5 Å². The van der Waals surface area contributed by atoms with Crippen LogP contribution >= 0.6 is 50.1 Å². The number of nitrogens with zero attached hydrogens (tertiary/aromatic N) is 2. The second-order valence-electron chi connectivity index (χ2n) is 4.33. The maximum atomic E-state index is 6.15. The maximum absolute atomic E-state index is 6.15. The van der Waals surface area contributed by atoms with E-state index in [0.29, 0.717) is 5.15 Å². The van der Waals surface area contributed by atoms with Gasteiger partial charge in [0.1, 0.15) is 17.3 Å². The van der Waals surface area contributed by atoms with Gasteiger partial charge in [-0.15, -0.1) is 0 Å². The molecule has 0 fully saturated rings. The summed E-state index contributed by atoms with van der Waals surface area (Å²) in [6.45, 7) is 4.14. The van der Waals surface area contributed by atoms with Gasteiger partial charge in [-0.2, -0.15) is 0 Å². The van der Waals surface area contributed by atoms with Crippen LogP contribution in [-0.2, 0) is 0 Å². The molecule has 0 saturated heterocycles. The van der Waals surface area contributed by atoms with E-state index in [9.17, 15) is 0 Å². The van der Waals surface area contributed by atoms with Crippen molar-refractivity contribution in [3.63, 3.8) is 0 Å². The molecule has 0 radical (unpaired) electrons. The lowest BCUT2D eigenvalue weighted by Crippen LogP contribution is -2.03. The van der Waals surface area contributed by atoms with Gasteiger partial charge in [-0.25, -0.2) is 9.97 Å². The van der Waals surface area contributed by atoms with Crippen molar-refractivity contribution in [2.24, 2.45) is 0 Å². The number of halogens is 3. The van der Waals surface area contributed by atoms with E-state index in [1.807, 2.05) is 18.2 Å². The van der Waals surface area contributed by atoms with Gasteiger partial charge in [-0.1, -0.05) is 25.4 Å². The quantitative estimate of drug-likeness (QED) is 0.503. The largest absolute Gasteiger partial charge is 0.339 e. The first-order chi connectivity index (χ1) is 8.99. The molecule has 0 spiro atoms. The molecule has 100 valence electrons. The van der Waals surface area contributed by atoms with Crippen molar-refractivity contribution in [1.29, 1.82) is 0 Å². The Labute approximate surface area is 139 Å². The van der Waals surface area contributed by atoms with E-state index in [-0.39, 0.29) is 5.92 Å². The van der Waals surface area contributed by atoms with Crippen LogP contribution in [0.3, 0.4) is 0 Å². The highest BCUT2D eigenvalue weighted by Gasteiger charge is 2.14. The van der Waals surface area contributed by atoms with Crippen LogP contribution in [0.2, 0.25) is 5.15 Å². The molecule has 2 aromatic rings. The second kappa shape index (κ2) is 6.37. The number of aromatic nitrogens is 2. The highest BCUT2D eigenvalue weighted by molar-refractivity contribution is 14.1. The van der Waals surface area contributed by atoms with Crippen LogP contribution in [0.5, 0.6) is 0 Å². The van der Waals surface area contributed by atoms with E-state index in [2.05, 4.69) is 67.7 Å². The van der Waals surface area contributed by atoms with Gasteiger partial charge in [0, 0.05) is 13.6 Å². The minimum absolute atomic E-state index is 0.249. The van der Waals surface area contributed by atoms with Crippen LogP contribution in [0.25, 0.3) is 0 Å². The third-order valence-electron chi connectivity index (χ3n) is 2.60. The van der Waals surface area contributed by atoms with Crippen LogP contribution in [-0.4, -0.2) is 9.97 Å². The Morgan fingerprint density at radius 2 is 2.05 bits per heavy atom. The lowest BCUT2D eigenvalue weighted by atomic mass is 10.1. The molecule has 0 atom stereocenters. The average molecular weight is 453 g/mol. The molecule has 0 saturated carbocycles. The van der Waals surface area contributed by atoms with Gasteiger partial charge in [0.25, 0.3) is 0 Å². The summed E-state index contributed by atoms with van der Waals surface area (Å²) in [5, 5.41) is 3.80. The second-order valence-corrected chi connectivity index (χ2v) is 6.79. The Morgan fingerprint density at radius 1 is 1.32 bits per heavy atom. The molecule has 6 heteroatoms. The smallest absolute Gasteiger partial charge is 0.138 e. The van der Waals surface area contributed by atoms with Crippen molar-refractivity contribution in [3.05, 3.63) is 43.3 Å². The number of hydrogen-bond acceptors (Lipinski definition) is 3. The SMILES string of the molecule is CC(C)c1c(Cl)ncnc1Nc1ccc(I)cc1Br. The highest BCUT2D eigenvalue weighted by Crippen LogP contribution is 2.32. The lowest BCUT2D eigenvalue weighted by Gasteiger charge is -2.15. The van der Waals surface area contributed by atoms with Gasteiger partial charge in [0.2, 0.25) is 0 Å². The first kappa shape index (κ1) is 15.0. The fourth-order valence-electron chi connectivity index (χ4n) is 1.70. The van der Waals surface area contributed by atoms with E-state index in [1.165, 1.54) is 9.90 Å². The van der Waals surface area contributed by atoms with Crippen molar-refractivity contribution in [1.82, 2.24) is 9.97 Å². The van der Waals surface area contributed by atoms with E-state index in [1.54, 1.807) is 0 Å². The van der Waals surface area contributed by atoms with Crippen LogP contribution in [0.1, 0.15) is 25.3 Å². The molecule has 1 aromatic carbocycles. The molecule has 1 heterocycles. The van der Waals surface area contributed by atoms with Gasteiger partial charge >= 0.3 is 0 Å². The summed E-state index contributed by atoms with van der Waals surface area (Å²) in [5.74, 6) is 0.996. The van der Waals surface area contributed by atoms with Gasteiger partial charge < -0.3 is 5.32 Å². The molecule has 1 N–H and O–H groups in total. The number of anilines is 2. The normalized spacial score (nSPS) is 10.8. The average Bonchev–Trinajstić information content (AvgIpc) is 2.32. The van der Waals surface area contributed by atoms with Crippen LogP contribution in [0.15, 0.2) is 29.0 Å². The molecule has 1 aromatic heterocycles. The number of nitrogens with one attached hydrogen (secondary N) is 1. The minimum atomic E-state index is 0.249. The fraction of sp³-hybridized carbons (Fsp3) is 0.231. The third-order valence-corrected chi connectivity index (χ3v) is 4.23. The first-order valence-corrected chi connectivity index (χ1v) is 7.96. The molecule has 0 amide bonds. The summed E-state index contributed by atoms with van der Waals surface area (Å²) < 4.78 is 2.16. The molecule has 2 rings (SSSR count). The lowest BCUT2D eigenvalue weighted by molar-refractivity contribution is 0.850.